The van der Waals surface area contributed by atoms with Crippen LogP contribution in [0.3, 0.4) is 0 Å². The molecule has 1 aliphatic rings. The molecule has 2 rings (SSSR count). The predicted molar refractivity (Wildman–Crippen MR) is 59.4 cm³/mol. The molecule has 2 atom stereocenters. The molecule has 1 aromatic rings. The van der Waals surface area contributed by atoms with Gasteiger partial charge in [-0.05, 0) is 42.9 Å². The molecule has 3 nitrogen and oxygen atoms in total. The van der Waals surface area contributed by atoms with Crippen LogP contribution in [0, 0.1) is 12.8 Å². The predicted octanol–water partition coefficient (Wildman–Crippen LogP) is 1.82. The molecule has 1 aliphatic heterocycles. The summed E-state index contributed by atoms with van der Waals surface area (Å²) in [6, 6.07) is 2.12. The maximum absolute atomic E-state index is 6.18. The number of hydrogen-bond acceptors (Lipinski definition) is 3. The summed E-state index contributed by atoms with van der Waals surface area (Å²) in [7, 11) is 0. The average Bonchev–Trinajstić information content (AvgIpc) is 2.71. The summed E-state index contributed by atoms with van der Waals surface area (Å²) in [5.74, 6) is 0.625. The highest BCUT2D eigenvalue weighted by atomic mass is 16.5. The maximum atomic E-state index is 6.18. The first-order valence-electron chi connectivity index (χ1n) is 5.51. The molecule has 0 amide bonds. The Balaban J connectivity index is 2.00. The molecule has 2 unspecified atom stereocenters. The van der Waals surface area contributed by atoms with Crippen molar-refractivity contribution in [3.8, 4) is 0 Å². The molecule has 0 bridgehead atoms. The Morgan fingerprint density at radius 3 is 3.20 bits per heavy atom. The van der Waals surface area contributed by atoms with E-state index in [1.807, 2.05) is 18.5 Å². The third kappa shape index (κ3) is 2.55. The first-order chi connectivity index (χ1) is 7.27. The third-order valence-corrected chi connectivity index (χ3v) is 3.09. The third-order valence-electron chi connectivity index (χ3n) is 3.09. The van der Waals surface area contributed by atoms with Crippen molar-refractivity contribution in [3.05, 3.63) is 29.6 Å². The summed E-state index contributed by atoms with van der Waals surface area (Å²) in [4.78, 5) is 4.13. The van der Waals surface area contributed by atoms with Crippen molar-refractivity contribution >= 4 is 0 Å². The number of nitrogens with two attached hydrogens (primary N) is 1. The van der Waals surface area contributed by atoms with Gasteiger partial charge in [0.15, 0.2) is 0 Å². The second kappa shape index (κ2) is 4.73. The molecular formula is C12H18N2O. The van der Waals surface area contributed by atoms with Crippen molar-refractivity contribution in [2.45, 2.75) is 25.8 Å². The van der Waals surface area contributed by atoms with E-state index in [9.17, 15) is 0 Å². The van der Waals surface area contributed by atoms with Crippen molar-refractivity contribution in [1.82, 2.24) is 4.98 Å². The van der Waals surface area contributed by atoms with Gasteiger partial charge in [-0.3, -0.25) is 4.98 Å². The lowest BCUT2D eigenvalue weighted by molar-refractivity contribution is 0.182. The Morgan fingerprint density at radius 2 is 2.53 bits per heavy atom. The summed E-state index contributed by atoms with van der Waals surface area (Å²) < 4.78 is 5.35. The first-order valence-corrected chi connectivity index (χ1v) is 5.51. The fourth-order valence-corrected chi connectivity index (χ4v) is 2.12. The fourth-order valence-electron chi connectivity index (χ4n) is 2.12. The van der Waals surface area contributed by atoms with Crippen LogP contribution in [-0.2, 0) is 4.74 Å². The SMILES string of the molecule is Cc1ccncc1C(N)CC1CCOC1. The monoisotopic (exact) mass is 206 g/mol. The van der Waals surface area contributed by atoms with Gasteiger partial charge < -0.3 is 10.5 Å². The standard InChI is InChI=1S/C12H18N2O/c1-9-2-4-14-7-11(9)12(13)6-10-3-5-15-8-10/h2,4,7,10,12H,3,5-6,8,13H2,1H3. The van der Waals surface area contributed by atoms with Gasteiger partial charge >= 0.3 is 0 Å². The zero-order chi connectivity index (χ0) is 10.7. The number of pyridine rings is 1. The molecule has 1 saturated heterocycles. The van der Waals surface area contributed by atoms with Crippen LogP contribution in [-0.4, -0.2) is 18.2 Å². The van der Waals surface area contributed by atoms with E-state index in [2.05, 4.69) is 11.9 Å². The van der Waals surface area contributed by atoms with Gasteiger partial charge in [0.25, 0.3) is 0 Å². The summed E-state index contributed by atoms with van der Waals surface area (Å²) in [6.07, 6.45) is 5.85. The second-order valence-electron chi connectivity index (χ2n) is 4.30. The topological polar surface area (TPSA) is 48.1 Å². The Kier molecular flexibility index (Phi) is 3.34. The minimum absolute atomic E-state index is 0.102. The van der Waals surface area contributed by atoms with Crippen LogP contribution < -0.4 is 5.73 Å². The van der Waals surface area contributed by atoms with Crippen molar-refractivity contribution in [2.75, 3.05) is 13.2 Å². The molecule has 3 heteroatoms. The van der Waals surface area contributed by atoms with Gasteiger partial charge in [-0.2, -0.15) is 0 Å². The minimum Gasteiger partial charge on any atom is -0.381 e. The van der Waals surface area contributed by atoms with E-state index in [0.717, 1.165) is 26.1 Å². The van der Waals surface area contributed by atoms with Gasteiger partial charge in [0.05, 0.1) is 0 Å². The highest BCUT2D eigenvalue weighted by Gasteiger charge is 2.20. The molecule has 15 heavy (non-hydrogen) atoms. The minimum atomic E-state index is 0.102. The van der Waals surface area contributed by atoms with Crippen molar-refractivity contribution in [1.29, 1.82) is 0 Å². The van der Waals surface area contributed by atoms with Gasteiger partial charge in [0.2, 0.25) is 0 Å². The summed E-state index contributed by atoms with van der Waals surface area (Å²) in [5.41, 5.74) is 8.58. The van der Waals surface area contributed by atoms with Crippen LogP contribution in [0.2, 0.25) is 0 Å². The van der Waals surface area contributed by atoms with E-state index in [1.54, 1.807) is 0 Å². The van der Waals surface area contributed by atoms with Crippen LogP contribution in [0.15, 0.2) is 18.5 Å². The van der Waals surface area contributed by atoms with Crippen molar-refractivity contribution in [2.24, 2.45) is 11.7 Å². The van der Waals surface area contributed by atoms with Gasteiger partial charge in [0.1, 0.15) is 0 Å². The molecule has 1 fully saturated rings. The van der Waals surface area contributed by atoms with Crippen molar-refractivity contribution in [3.63, 3.8) is 0 Å². The zero-order valence-corrected chi connectivity index (χ0v) is 9.15. The van der Waals surface area contributed by atoms with Gasteiger partial charge in [-0.1, -0.05) is 0 Å². The lowest BCUT2D eigenvalue weighted by atomic mass is 9.94. The lowest BCUT2D eigenvalue weighted by Gasteiger charge is -2.17. The maximum Gasteiger partial charge on any atom is 0.0495 e. The van der Waals surface area contributed by atoms with Crippen LogP contribution in [0.4, 0.5) is 0 Å². The number of nitrogens with zero attached hydrogens (tertiary/aromatic N) is 1. The molecule has 0 radical (unpaired) electrons. The zero-order valence-electron chi connectivity index (χ0n) is 9.15. The van der Waals surface area contributed by atoms with E-state index in [4.69, 9.17) is 10.5 Å². The molecule has 0 spiro atoms. The number of aromatic nitrogens is 1. The molecule has 0 aliphatic carbocycles. The van der Waals surface area contributed by atoms with E-state index in [1.165, 1.54) is 11.1 Å². The lowest BCUT2D eigenvalue weighted by Crippen LogP contribution is -2.16. The highest BCUT2D eigenvalue weighted by Crippen LogP contribution is 2.25. The van der Waals surface area contributed by atoms with Crippen LogP contribution in [0.1, 0.15) is 30.0 Å². The molecular weight excluding hydrogens is 188 g/mol. The second-order valence-corrected chi connectivity index (χ2v) is 4.30. The van der Waals surface area contributed by atoms with Crippen LogP contribution in [0.5, 0.6) is 0 Å². The molecule has 2 heterocycles. The van der Waals surface area contributed by atoms with Gasteiger partial charge in [0, 0.05) is 31.6 Å². The normalized spacial score (nSPS) is 22.9. The summed E-state index contributed by atoms with van der Waals surface area (Å²) in [5, 5.41) is 0. The molecule has 1 aromatic heterocycles. The number of rotatable bonds is 3. The average molecular weight is 206 g/mol. The van der Waals surface area contributed by atoms with Crippen molar-refractivity contribution < 1.29 is 4.74 Å². The highest BCUT2D eigenvalue weighted by molar-refractivity contribution is 5.24. The molecule has 82 valence electrons. The molecule has 0 saturated carbocycles. The van der Waals surface area contributed by atoms with E-state index < -0.39 is 0 Å². The van der Waals surface area contributed by atoms with E-state index in [0.29, 0.717) is 5.92 Å². The molecule has 2 N–H and O–H groups in total. The first kappa shape index (κ1) is 10.6. The number of aryl methyl sites for hydroxylation is 1. The molecule has 0 aromatic carbocycles. The quantitative estimate of drug-likeness (QED) is 0.820. The van der Waals surface area contributed by atoms with E-state index >= 15 is 0 Å². The summed E-state index contributed by atoms with van der Waals surface area (Å²) in [6.45, 7) is 3.85. The number of ether oxygens (including phenoxy) is 1. The Bertz CT molecular complexity index is 321. The Labute approximate surface area is 90.7 Å². The summed E-state index contributed by atoms with van der Waals surface area (Å²) >= 11 is 0. The van der Waals surface area contributed by atoms with Gasteiger partial charge in [-0.25, -0.2) is 0 Å². The van der Waals surface area contributed by atoms with Crippen LogP contribution in [0.25, 0.3) is 0 Å². The van der Waals surface area contributed by atoms with Gasteiger partial charge in [-0.15, -0.1) is 0 Å². The number of hydrogen-bond donors (Lipinski definition) is 1. The largest absolute Gasteiger partial charge is 0.381 e. The Hall–Kier alpha value is -0.930. The Morgan fingerprint density at radius 1 is 1.67 bits per heavy atom. The van der Waals surface area contributed by atoms with Crippen LogP contribution >= 0.6 is 0 Å². The van der Waals surface area contributed by atoms with E-state index in [-0.39, 0.29) is 6.04 Å². The fraction of sp³-hybridized carbons (Fsp3) is 0.583. The smallest absolute Gasteiger partial charge is 0.0495 e.